The molecule has 2 unspecified atom stereocenters. The number of ether oxygens (including phenoxy) is 1. The molecule has 1 nitrogen and oxygen atoms in total. The molecule has 1 aromatic carbocycles. The minimum absolute atomic E-state index is 0.471. The number of epoxide rings is 1. The van der Waals surface area contributed by atoms with E-state index in [-0.39, 0.29) is 0 Å². The minimum atomic E-state index is 0.471. The molecule has 2 rings (SSSR count). The van der Waals surface area contributed by atoms with Gasteiger partial charge >= 0.3 is 0 Å². The highest BCUT2D eigenvalue weighted by Crippen LogP contribution is 2.27. The van der Waals surface area contributed by atoms with Crippen LogP contribution in [0.5, 0.6) is 0 Å². The van der Waals surface area contributed by atoms with Crippen LogP contribution >= 0.6 is 0 Å². The van der Waals surface area contributed by atoms with Crippen molar-refractivity contribution in [2.45, 2.75) is 39.4 Å². The fourth-order valence-corrected chi connectivity index (χ4v) is 1.82. The number of hydrogen-bond donors (Lipinski definition) is 0. The fraction of sp³-hybridized carbons (Fsp3) is 0.500. The van der Waals surface area contributed by atoms with Crippen molar-refractivity contribution in [3.05, 3.63) is 34.9 Å². The average molecular weight is 176 g/mol. The Labute approximate surface area is 79.7 Å². The lowest BCUT2D eigenvalue weighted by Crippen LogP contribution is -2.00. The Morgan fingerprint density at radius 1 is 1.23 bits per heavy atom. The third-order valence-electron chi connectivity index (χ3n) is 2.89. The Bertz CT molecular complexity index is 297. The van der Waals surface area contributed by atoms with Gasteiger partial charge in [0, 0.05) is 6.42 Å². The Balaban J connectivity index is 2.18. The standard InChI is InChI=1S/C12H16O/c1-8-5-4-6-9(2)11(8)7-12-10(3)13-12/h4-6,10,12H,7H2,1-3H3. The molecule has 0 aromatic heterocycles. The summed E-state index contributed by atoms with van der Waals surface area (Å²) >= 11 is 0. The molecule has 0 saturated carbocycles. The van der Waals surface area contributed by atoms with E-state index in [0.717, 1.165) is 6.42 Å². The number of aryl methyl sites for hydroxylation is 2. The molecule has 1 saturated heterocycles. The summed E-state index contributed by atoms with van der Waals surface area (Å²) in [6.45, 7) is 6.49. The molecule has 0 radical (unpaired) electrons. The van der Waals surface area contributed by atoms with Crippen molar-refractivity contribution in [3.63, 3.8) is 0 Å². The molecular weight excluding hydrogens is 160 g/mol. The van der Waals surface area contributed by atoms with Crippen LogP contribution in [0.2, 0.25) is 0 Å². The molecule has 1 fully saturated rings. The van der Waals surface area contributed by atoms with Crippen molar-refractivity contribution in [1.29, 1.82) is 0 Å². The molecule has 1 aliphatic heterocycles. The first-order valence-electron chi connectivity index (χ1n) is 4.89. The zero-order valence-electron chi connectivity index (χ0n) is 8.50. The molecule has 0 spiro atoms. The molecular formula is C12H16O. The van der Waals surface area contributed by atoms with Gasteiger partial charge in [0.1, 0.15) is 0 Å². The SMILES string of the molecule is Cc1cccc(C)c1CC1OC1C. The van der Waals surface area contributed by atoms with Crippen molar-refractivity contribution < 1.29 is 4.74 Å². The van der Waals surface area contributed by atoms with E-state index in [1.807, 2.05) is 0 Å². The van der Waals surface area contributed by atoms with Crippen LogP contribution in [-0.4, -0.2) is 12.2 Å². The lowest BCUT2D eigenvalue weighted by atomic mass is 9.98. The summed E-state index contributed by atoms with van der Waals surface area (Å²) in [6, 6.07) is 6.47. The molecule has 0 bridgehead atoms. The molecule has 1 aliphatic rings. The summed E-state index contributed by atoms with van der Waals surface area (Å²) in [7, 11) is 0. The molecule has 70 valence electrons. The van der Waals surface area contributed by atoms with Crippen LogP contribution in [0, 0.1) is 13.8 Å². The number of rotatable bonds is 2. The van der Waals surface area contributed by atoms with E-state index in [2.05, 4.69) is 39.0 Å². The Kier molecular flexibility index (Phi) is 2.12. The van der Waals surface area contributed by atoms with Gasteiger partial charge in [0.15, 0.2) is 0 Å². The van der Waals surface area contributed by atoms with Crippen LogP contribution in [0.25, 0.3) is 0 Å². The van der Waals surface area contributed by atoms with Gasteiger partial charge in [-0.2, -0.15) is 0 Å². The Hall–Kier alpha value is -0.820. The van der Waals surface area contributed by atoms with Gasteiger partial charge in [0.05, 0.1) is 12.2 Å². The highest BCUT2D eigenvalue weighted by atomic mass is 16.6. The number of hydrogen-bond acceptors (Lipinski definition) is 1. The van der Waals surface area contributed by atoms with Crippen LogP contribution in [-0.2, 0) is 11.2 Å². The predicted molar refractivity (Wildman–Crippen MR) is 54.0 cm³/mol. The first-order valence-corrected chi connectivity index (χ1v) is 4.89. The van der Waals surface area contributed by atoms with Gasteiger partial charge in [0.25, 0.3) is 0 Å². The highest BCUT2D eigenvalue weighted by molar-refractivity contribution is 5.34. The molecule has 1 aromatic rings. The minimum Gasteiger partial charge on any atom is -0.370 e. The Morgan fingerprint density at radius 2 is 1.77 bits per heavy atom. The van der Waals surface area contributed by atoms with E-state index < -0.39 is 0 Å². The second-order valence-corrected chi connectivity index (χ2v) is 3.95. The monoisotopic (exact) mass is 176 g/mol. The van der Waals surface area contributed by atoms with Crippen LogP contribution in [0.15, 0.2) is 18.2 Å². The summed E-state index contributed by atoms with van der Waals surface area (Å²) in [6.07, 6.45) is 2.03. The lowest BCUT2D eigenvalue weighted by Gasteiger charge is -2.07. The topological polar surface area (TPSA) is 12.5 Å². The van der Waals surface area contributed by atoms with Gasteiger partial charge < -0.3 is 4.74 Å². The van der Waals surface area contributed by atoms with Crippen molar-refractivity contribution in [3.8, 4) is 0 Å². The second-order valence-electron chi connectivity index (χ2n) is 3.95. The first kappa shape index (κ1) is 8.76. The van der Waals surface area contributed by atoms with Crippen LogP contribution < -0.4 is 0 Å². The smallest absolute Gasteiger partial charge is 0.0879 e. The van der Waals surface area contributed by atoms with Crippen LogP contribution in [0.3, 0.4) is 0 Å². The summed E-state index contributed by atoms with van der Waals surface area (Å²) in [5, 5.41) is 0. The first-order chi connectivity index (χ1) is 6.18. The molecule has 2 atom stereocenters. The molecule has 1 heterocycles. The molecule has 0 amide bonds. The Morgan fingerprint density at radius 3 is 2.23 bits per heavy atom. The third-order valence-corrected chi connectivity index (χ3v) is 2.89. The van der Waals surface area contributed by atoms with Crippen molar-refractivity contribution >= 4 is 0 Å². The van der Waals surface area contributed by atoms with Gasteiger partial charge in [0.2, 0.25) is 0 Å². The summed E-state index contributed by atoms with van der Waals surface area (Å²) in [4.78, 5) is 0. The maximum Gasteiger partial charge on any atom is 0.0879 e. The van der Waals surface area contributed by atoms with E-state index in [1.165, 1.54) is 16.7 Å². The fourth-order valence-electron chi connectivity index (χ4n) is 1.82. The van der Waals surface area contributed by atoms with Gasteiger partial charge in [-0.3, -0.25) is 0 Å². The molecule has 13 heavy (non-hydrogen) atoms. The maximum absolute atomic E-state index is 5.43. The van der Waals surface area contributed by atoms with Crippen molar-refractivity contribution in [1.82, 2.24) is 0 Å². The predicted octanol–water partition coefficient (Wildman–Crippen LogP) is 2.63. The highest BCUT2D eigenvalue weighted by Gasteiger charge is 2.34. The van der Waals surface area contributed by atoms with E-state index >= 15 is 0 Å². The van der Waals surface area contributed by atoms with Crippen molar-refractivity contribution in [2.24, 2.45) is 0 Å². The van der Waals surface area contributed by atoms with E-state index in [0.29, 0.717) is 12.2 Å². The van der Waals surface area contributed by atoms with E-state index in [4.69, 9.17) is 4.74 Å². The van der Waals surface area contributed by atoms with Crippen molar-refractivity contribution in [2.75, 3.05) is 0 Å². The normalized spacial score (nSPS) is 26.1. The van der Waals surface area contributed by atoms with Crippen LogP contribution in [0.1, 0.15) is 23.6 Å². The number of benzene rings is 1. The van der Waals surface area contributed by atoms with Gasteiger partial charge in [-0.05, 0) is 37.5 Å². The van der Waals surface area contributed by atoms with E-state index in [9.17, 15) is 0 Å². The zero-order valence-corrected chi connectivity index (χ0v) is 8.50. The molecule has 0 aliphatic carbocycles. The zero-order chi connectivity index (χ0) is 9.42. The maximum atomic E-state index is 5.43. The third kappa shape index (κ3) is 1.75. The van der Waals surface area contributed by atoms with Gasteiger partial charge in [-0.25, -0.2) is 0 Å². The molecule has 1 heteroatoms. The second kappa shape index (κ2) is 3.15. The summed E-state index contributed by atoms with van der Waals surface area (Å²) in [5.41, 5.74) is 4.25. The quantitative estimate of drug-likeness (QED) is 0.631. The van der Waals surface area contributed by atoms with Crippen LogP contribution in [0.4, 0.5) is 0 Å². The molecule has 0 N–H and O–H groups in total. The van der Waals surface area contributed by atoms with E-state index in [1.54, 1.807) is 0 Å². The van der Waals surface area contributed by atoms with Gasteiger partial charge in [-0.15, -0.1) is 0 Å². The summed E-state index contributed by atoms with van der Waals surface area (Å²) in [5.74, 6) is 0. The largest absolute Gasteiger partial charge is 0.370 e. The average Bonchev–Trinajstić information content (AvgIpc) is 2.75. The lowest BCUT2D eigenvalue weighted by molar-refractivity contribution is 0.377. The summed E-state index contributed by atoms with van der Waals surface area (Å²) < 4.78 is 5.43. The van der Waals surface area contributed by atoms with Gasteiger partial charge in [-0.1, -0.05) is 18.2 Å².